The van der Waals surface area contributed by atoms with Gasteiger partial charge in [0.05, 0.1) is 0 Å². The van der Waals surface area contributed by atoms with Crippen LogP contribution in [0.2, 0.25) is 0 Å². The van der Waals surface area contributed by atoms with Crippen LogP contribution in [-0.4, -0.2) is 17.8 Å². The van der Waals surface area contributed by atoms with Gasteiger partial charge >= 0.3 is 0 Å². The Morgan fingerprint density at radius 3 is 2.44 bits per heavy atom. The van der Waals surface area contributed by atoms with Gasteiger partial charge in [0.2, 0.25) is 5.91 Å². The van der Waals surface area contributed by atoms with Crippen LogP contribution in [0.25, 0.3) is 0 Å². The van der Waals surface area contributed by atoms with E-state index in [4.69, 9.17) is 0 Å². The van der Waals surface area contributed by atoms with E-state index in [0.29, 0.717) is 5.41 Å². The van der Waals surface area contributed by atoms with Crippen molar-refractivity contribution >= 4 is 21.8 Å². The van der Waals surface area contributed by atoms with Crippen molar-refractivity contribution in [1.29, 1.82) is 0 Å². The van der Waals surface area contributed by atoms with E-state index in [1.807, 2.05) is 0 Å². The van der Waals surface area contributed by atoms with Crippen molar-refractivity contribution in [1.82, 2.24) is 5.32 Å². The molecule has 1 N–H and O–H groups in total. The molecule has 0 unspecified atom stereocenters. The smallest absolute Gasteiger partial charge is 0.220 e. The quantitative estimate of drug-likeness (QED) is 0.443. The molecule has 0 aromatic rings. The first-order valence-corrected chi connectivity index (χ1v) is 8.67. The van der Waals surface area contributed by atoms with E-state index in [-0.39, 0.29) is 5.91 Å². The van der Waals surface area contributed by atoms with Crippen LogP contribution < -0.4 is 5.32 Å². The molecule has 0 aromatic heterocycles. The molecule has 1 fully saturated rings. The molecular formula is C15H28BrNO. The Bertz CT molecular complexity index is 239. The molecule has 18 heavy (non-hydrogen) atoms. The highest BCUT2D eigenvalue weighted by molar-refractivity contribution is 9.09. The van der Waals surface area contributed by atoms with Gasteiger partial charge in [-0.15, -0.1) is 0 Å². The van der Waals surface area contributed by atoms with Crippen molar-refractivity contribution in [3.05, 3.63) is 0 Å². The molecule has 1 amide bonds. The van der Waals surface area contributed by atoms with E-state index < -0.39 is 0 Å². The summed E-state index contributed by atoms with van der Waals surface area (Å²) >= 11 is 3.49. The van der Waals surface area contributed by atoms with E-state index in [2.05, 4.69) is 28.2 Å². The first kappa shape index (κ1) is 16.0. The third-order valence-corrected chi connectivity index (χ3v) is 4.40. The number of carbonyl (C=O) groups is 1. The van der Waals surface area contributed by atoms with Gasteiger partial charge in [-0.05, 0) is 31.1 Å². The summed E-state index contributed by atoms with van der Waals surface area (Å²) in [4.78, 5) is 11.7. The number of hydrogen-bond acceptors (Lipinski definition) is 1. The van der Waals surface area contributed by atoms with Crippen LogP contribution in [0.4, 0.5) is 0 Å². The Hall–Kier alpha value is -0.0500. The summed E-state index contributed by atoms with van der Waals surface area (Å²) in [6, 6.07) is 0. The lowest BCUT2D eigenvalue weighted by molar-refractivity contribution is -0.121. The van der Waals surface area contributed by atoms with Gasteiger partial charge in [-0.3, -0.25) is 4.79 Å². The predicted molar refractivity (Wildman–Crippen MR) is 81.1 cm³/mol. The normalized spacial score (nSPS) is 16.6. The van der Waals surface area contributed by atoms with E-state index in [9.17, 15) is 4.79 Å². The summed E-state index contributed by atoms with van der Waals surface area (Å²) in [5.74, 6) is 0.256. The lowest BCUT2D eigenvalue weighted by atomic mass is 10.0. The van der Waals surface area contributed by atoms with E-state index >= 15 is 0 Å². The summed E-state index contributed by atoms with van der Waals surface area (Å²) in [6.07, 6.45) is 12.0. The maximum atomic E-state index is 11.7. The van der Waals surface area contributed by atoms with Gasteiger partial charge in [-0.1, -0.05) is 55.0 Å². The third kappa shape index (κ3) is 6.77. The van der Waals surface area contributed by atoms with Gasteiger partial charge in [-0.25, -0.2) is 0 Å². The maximum Gasteiger partial charge on any atom is 0.220 e. The molecule has 1 aliphatic carbocycles. The van der Waals surface area contributed by atoms with Crippen molar-refractivity contribution in [3.8, 4) is 0 Å². The molecule has 0 aromatic carbocycles. The molecule has 0 bridgehead atoms. The molecular weight excluding hydrogens is 290 g/mol. The summed E-state index contributed by atoms with van der Waals surface area (Å²) < 4.78 is 0. The number of alkyl halides is 1. The fraction of sp³-hybridized carbons (Fsp3) is 0.933. The number of amides is 1. The second-order valence-corrected chi connectivity index (χ2v) is 6.53. The van der Waals surface area contributed by atoms with Crippen LogP contribution in [0.5, 0.6) is 0 Å². The van der Waals surface area contributed by atoms with Crippen LogP contribution in [0.3, 0.4) is 0 Å². The fourth-order valence-electron chi connectivity index (χ4n) is 2.33. The van der Waals surface area contributed by atoms with Gasteiger partial charge < -0.3 is 5.32 Å². The van der Waals surface area contributed by atoms with Crippen LogP contribution in [0, 0.1) is 5.41 Å². The molecule has 0 aliphatic heterocycles. The number of hydrogen-bond donors (Lipinski definition) is 1. The number of halogens is 1. The van der Waals surface area contributed by atoms with Gasteiger partial charge in [-0.2, -0.15) is 0 Å². The number of unbranched alkanes of at least 4 members (excludes halogenated alkanes) is 5. The van der Waals surface area contributed by atoms with Crippen LogP contribution in [0.15, 0.2) is 0 Å². The zero-order valence-corrected chi connectivity index (χ0v) is 13.4. The summed E-state index contributed by atoms with van der Waals surface area (Å²) in [5, 5.41) is 4.17. The van der Waals surface area contributed by atoms with E-state index in [1.54, 1.807) is 0 Å². The maximum absolute atomic E-state index is 11.7. The molecule has 0 saturated heterocycles. The molecule has 0 radical (unpaired) electrons. The molecule has 3 heteroatoms. The molecule has 0 atom stereocenters. The van der Waals surface area contributed by atoms with Gasteiger partial charge in [0.25, 0.3) is 0 Å². The predicted octanol–water partition coefficient (Wildman–Crippen LogP) is 4.42. The summed E-state index contributed by atoms with van der Waals surface area (Å²) in [7, 11) is 0. The van der Waals surface area contributed by atoms with Crippen LogP contribution >= 0.6 is 15.9 Å². The minimum Gasteiger partial charge on any atom is -0.356 e. The lowest BCUT2D eigenvalue weighted by Crippen LogP contribution is -2.30. The van der Waals surface area contributed by atoms with Gasteiger partial charge in [0.1, 0.15) is 0 Å². The molecule has 1 rings (SSSR count). The van der Waals surface area contributed by atoms with Crippen molar-refractivity contribution in [2.45, 2.75) is 71.1 Å². The van der Waals surface area contributed by atoms with Crippen molar-refractivity contribution in [2.24, 2.45) is 5.41 Å². The Morgan fingerprint density at radius 2 is 1.83 bits per heavy atom. The first-order valence-electron chi connectivity index (χ1n) is 7.55. The molecule has 2 nitrogen and oxygen atoms in total. The molecule has 0 heterocycles. The average Bonchev–Trinajstić information content (AvgIpc) is 3.12. The van der Waals surface area contributed by atoms with Crippen molar-refractivity contribution < 1.29 is 4.79 Å². The number of rotatable bonds is 11. The zero-order chi connectivity index (χ0) is 13.3. The first-order chi connectivity index (χ1) is 8.72. The fourth-order valence-corrected chi connectivity index (χ4v) is 3.17. The number of carbonyl (C=O) groups excluding carboxylic acids is 1. The molecule has 106 valence electrons. The second kappa shape index (κ2) is 8.95. The highest BCUT2D eigenvalue weighted by atomic mass is 79.9. The standard InChI is InChI=1S/C15H28BrNO/c1-2-3-4-5-6-7-8-14(18)17-13-15(9-10-15)11-12-16/h2-13H2,1H3,(H,17,18). The molecule has 1 saturated carbocycles. The van der Waals surface area contributed by atoms with E-state index in [0.717, 1.165) is 24.7 Å². The SMILES string of the molecule is CCCCCCCCC(=O)NCC1(CCBr)CC1. The molecule has 0 spiro atoms. The number of nitrogens with one attached hydrogen (secondary N) is 1. The van der Waals surface area contributed by atoms with Gasteiger partial charge in [0, 0.05) is 18.3 Å². The monoisotopic (exact) mass is 317 g/mol. The van der Waals surface area contributed by atoms with E-state index in [1.165, 1.54) is 51.4 Å². The minimum atomic E-state index is 0.256. The largest absolute Gasteiger partial charge is 0.356 e. The van der Waals surface area contributed by atoms with Crippen LogP contribution in [0.1, 0.15) is 71.1 Å². The van der Waals surface area contributed by atoms with Crippen LogP contribution in [-0.2, 0) is 4.79 Å². The Kier molecular flexibility index (Phi) is 7.96. The highest BCUT2D eigenvalue weighted by Gasteiger charge is 2.41. The highest BCUT2D eigenvalue weighted by Crippen LogP contribution is 2.48. The Balaban J connectivity index is 1.94. The topological polar surface area (TPSA) is 29.1 Å². The third-order valence-electron chi connectivity index (χ3n) is 4.00. The van der Waals surface area contributed by atoms with Gasteiger partial charge in [0.15, 0.2) is 0 Å². The second-order valence-electron chi connectivity index (χ2n) is 5.73. The summed E-state index contributed by atoms with van der Waals surface area (Å²) in [5.41, 5.74) is 0.445. The van der Waals surface area contributed by atoms with Crippen molar-refractivity contribution in [2.75, 3.05) is 11.9 Å². The minimum absolute atomic E-state index is 0.256. The zero-order valence-electron chi connectivity index (χ0n) is 11.8. The average molecular weight is 318 g/mol. The Labute approximate surface area is 120 Å². The molecule has 1 aliphatic rings. The van der Waals surface area contributed by atoms with Crippen molar-refractivity contribution in [3.63, 3.8) is 0 Å². The summed E-state index contributed by atoms with van der Waals surface area (Å²) in [6.45, 7) is 3.13. The lowest BCUT2D eigenvalue weighted by Gasteiger charge is -2.14. The Morgan fingerprint density at radius 1 is 1.17 bits per heavy atom.